The van der Waals surface area contributed by atoms with Gasteiger partial charge in [-0.2, -0.15) is 18.3 Å². The molecule has 1 aliphatic rings. The van der Waals surface area contributed by atoms with Gasteiger partial charge in [0.15, 0.2) is 5.82 Å². The van der Waals surface area contributed by atoms with Gasteiger partial charge in [-0.1, -0.05) is 48.5 Å². The Labute approximate surface area is 192 Å². The van der Waals surface area contributed by atoms with Gasteiger partial charge in [-0.25, -0.2) is 9.97 Å². The minimum atomic E-state index is -4.31. The maximum atomic E-state index is 12.8. The van der Waals surface area contributed by atoms with Crippen LogP contribution in [0.5, 0.6) is 0 Å². The number of carbonyl (C=O) groups excluding carboxylic acids is 1. The minimum absolute atomic E-state index is 0.174. The standard InChI is InChI=1S/C24H21F3N6O/c1-23(14-7-3-2-4-8-14)17(13-34)29-21-18(23)20(28)30-22(31-21)19-15-9-5-6-10-16(15)33(32-19)12-11-24(25,26)27/h2-10,13,17H,11-12H2,1H3,(H3,28,29,30,31). The second-order valence-corrected chi connectivity index (χ2v) is 8.44. The normalized spacial score (nSPS) is 19.7. The maximum Gasteiger partial charge on any atom is 0.390 e. The summed E-state index contributed by atoms with van der Waals surface area (Å²) in [6.45, 7) is 1.57. The van der Waals surface area contributed by atoms with Gasteiger partial charge in [-0.3, -0.25) is 4.68 Å². The van der Waals surface area contributed by atoms with Crippen LogP contribution in [0.15, 0.2) is 54.6 Å². The number of hydrogen-bond acceptors (Lipinski definition) is 6. The van der Waals surface area contributed by atoms with Gasteiger partial charge < -0.3 is 15.8 Å². The summed E-state index contributed by atoms with van der Waals surface area (Å²) in [5.74, 6) is 0.754. The molecule has 0 saturated heterocycles. The molecule has 0 radical (unpaired) electrons. The fourth-order valence-electron chi connectivity index (χ4n) is 4.62. The van der Waals surface area contributed by atoms with E-state index in [4.69, 9.17) is 5.73 Å². The average Bonchev–Trinajstić information content (AvgIpc) is 3.34. The lowest BCUT2D eigenvalue weighted by atomic mass is 9.73. The Hall–Kier alpha value is -3.95. The van der Waals surface area contributed by atoms with Crippen LogP contribution < -0.4 is 11.1 Å². The molecule has 4 aromatic rings. The molecule has 0 bridgehead atoms. The number of fused-ring (bicyclic) bond motifs is 2. The van der Waals surface area contributed by atoms with E-state index in [1.54, 1.807) is 24.3 Å². The summed E-state index contributed by atoms with van der Waals surface area (Å²) in [6, 6.07) is 15.8. The zero-order chi connectivity index (χ0) is 24.1. The highest BCUT2D eigenvalue weighted by molar-refractivity contribution is 5.92. The molecule has 2 atom stereocenters. The number of nitrogens with one attached hydrogen (secondary N) is 1. The smallest absolute Gasteiger partial charge is 0.383 e. The van der Waals surface area contributed by atoms with Gasteiger partial charge in [0, 0.05) is 10.9 Å². The number of rotatable bonds is 5. The average molecular weight is 466 g/mol. The van der Waals surface area contributed by atoms with E-state index in [1.807, 2.05) is 37.3 Å². The van der Waals surface area contributed by atoms with Gasteiger partial charge in [0.05, 0.1) is 29.9 Å². The van der Waals surface area contributed by atoms with Crippen molar-refractivity contribution in [1.82, 2.24) is 19.7 Å². The zero-order valence-corrected chi connectivity index (χ0v) is 18.2. The van der Waals surface area contributed by atoms with Crippen LogP contribution in [0.2, 0.25) is 0 Å². The fourth-order valence-corrected chi connectivity index (χ4v) is 4.62. The number of aromatic nitrogens is 4. The molecule has 3 heterocycles. The van der Waals surface area contributed by atoms with E-state index >= 15 is 0 Å². The molecule has 5 rings (SSSR count). The molecule has 10 heteroatoms. The molecule has 3 N–H and O–H groups in total. The van der Waals surface area contributed by atoms with Crippen molar-refractivity contribution in [1.29, 1.82) is 0 Å². The van der Waals surface area contributed by atoms with E-state index in [9.17, 15) is 18.0 Å². The SMILES string of the molecule is CC1(c2ccccc2)c2c(N)nc(-c3nn(CCC(F)(F)F)c4ccccc34)nc2NC1C=O. The Bertz CT molecular complexity index is 1380. The number of aryl methyl sites for hydroxylation is 1. The van der Waals surface area contributed by atoms with Crippen LogP contribution in [0, 0.1) is 0 Å². The largest absolute Gasteiger partial charge is 0.390 e. The fraction of sp³-hybridized carbons (Fsp3) is 0.250. The van der Waals surface area contributed by atoms with E-state index in [2.05, 4.69) is 20.4 Å². The number of aldehydes is 1. The lowest BCUT2D eigenvalue weighted by Crippen LogP contribution is -2.38. The molecule has 34 heavy (non-hydrogen) atoms. The third-order valence-electron chi connectivity index (χ3n) is 6.36. The molecule has 1 aliphatic heterocycles. The molecule has 2 aromatic carbocycles. The topological polar surface area (TPSA) is 98.7 Å². The molecule has 0 saturated carbocycles. The van der Waals surface area contributed by atoms with Gasteiger partial charge in [-0.15, -0.1) is 0 Å². The Morgan fingerprint density at radius 1 is 1.12 bits per heavy atom. The van der Waals surface area contributed by atoms with Crippen molar-refractivity contribution >= 4 is 28.8 Å². The Morgan fingerprint density at radius 2 is 1.82 bits per heavy atom. The van der Waals surface area contributed by atoms with E-state index in [-0.39, 0.29) is 18.2 Å². The molecule has 0 spiro atoms. The van der Waals surface area contributed by atoms with E-state index in [0.717, 1.165) is 11.8 Å². The van der Waals surface area contributed by atoms with Gasteiger partial charge in [0.2, 0.25) is 0 Å². The summed E-state index contributed by atoms with van der Waals surface area (Å²) in [4.78, 5) is 21.1. The second-order valence-electron chi connectivity index (χ2n) is 8.44. The lowest BCUT2D eigenvalue weighted by molar-refractivity contribution is -0.137. The van der Waals surface area contributed by atoms with Crippen molar-refractivity contribution in [2.24, 2.45) is 0 Å². The quantitative estimate of drug-likeness (QED) is 0.425. The highest BCUT2D eigenvalue weighted by Crippen LogP contribution is 2.47. The highest BCUT2D eigenvalue weighted by Gasteiger charge is 2.47. The second kappa shape index (κ2) is 7.82. The summed E-state index contributed by atoms with van der Waals surface area (Å²) in [6.07, 6.45) is -4.50. The third kappa shape index (κ3) is 3.46. The van der Waals surface area contributed by atoms with E-state index < -0.39 is 24.1 Å². The molecule has 174 valence electrons. The number of benzene rings is 2. The molecule has 2 aromatic heterocycles. The summed E-state index contributed by atoms with van der Waals surface area (Å²) < 4.78 is 39.8. The summed E-state index contributed by atoms with van der Waals surface area (Å²) >= 11 is 0. The number of alkyl halides is 3. The van der Waals surface area contributed by atoms with Crippen molar-refractivity contribution in [2.75, 3.05) is 11.1 Å². The van der Waals surface area contributed by atoms with E-state index in [1.165, 1.54) is 4.68 Å². The van der Waals surface area contributed by atoms with Gasteiger partial charge >= 0.3 is 6.18 Å². The number of halogens is 3. The molecular weight excluding hydrogens is 445 g/mol. The number of para-hydroxylation sites is 1. The first-order chi connectivity index (χ1) is 16.2. The van der Waals surface area contributed by atoms with Crippen LogP contribution in [0.4, 0.5) is 24.8 Å². The summed E-state index contributed by atoms with van der Waals surface area (Å²) in [5.41, 5.74) is 7.96. The van der Waals surface area contributed by atoms with Crippen LogP contribution in [0.3, 0.4) is 0 Å². The third-order valence-corrected chi connectivity index (χ3v) is 6.36. The van der Waals surface area contributed by atoms with Gasteiger partial charge in [0.25, 0.3) is 0 Å². The van der Waals surface area contributed by atoms with Crippen molar-refractivity contribution < 1.29 is 18.0 Å². The monoisotopic (exact) mass is 466 g/mol. The highest BCUT2D eigenvalue weighted by atomic mass is 19.4. The van der Waals surface area contributed by atoms with Crippen LogP contribution >= 0.6 is 0 Å². The summed E-state index contributed by atoms with van der Waals surface area (Å²) in [5, 5.41) is 8.15. The van der Waals surface area contributed by atoms with E-state index in [0.29, 0.717) is 28.0 Å². The molecule has 0 fully saturated rings. The number of anilines is 2. The van der Waals surface area contributed by atoms with Crippen molar-refractivity contribution in [3.05, 3.63) is 65.7 Å². The molecule has 0 aliphatic carbocycles. The summed E-state index contributed by atoms with van der Waals surface area (Å²) in [7, 11) is 0. The first kappa shape index (κ1) is 21.9. The molecule has 0 amide bonds. The number of carbonyl (C=O) groups is 1. The van der Waals surface area contributed by atoms with Gasteiger partial charge in [0.1, 0.15) is 23.6 Å². The van der Waals surface area contributed by atoms with Crippen LogP contribution in [-0.2, 0) is 16.8 Å². The van der Waals surface area contributed by atoms with Crippen LogP contribution in [-0.4, -0.2) is 38.3 Å². The van der Waals surface area contributed by atoms with Crippen molar-refractivity contribution in [2.45, 2.75) is 37.5 Å². The number of nitrogens with two attached hydrogens (primary N) is 1. The molecular formula is C24H21F3N6O. The minimum Gasteiger partial charge on any atom is -0.383 e. The predicted molar refractivity (Wildman–Crippen MR) is 122 cm³/mol. The maximum absolute atomic E-state index is 12.8. The van der Waals surface area contributed by atoms with Crippen molar-refractivity contribution in [3.8, 4) is 11.5 Å². The number of nitrogen functional groups attached to an aromatic ring is 1. The van der Waals surface area contributed by atoms with Crippen molar-refractivity contribution in [3.63, 3.8) is 0 Å². The Kier molecular flexibility index (Phi) is 5.03. The number of nitrogens with zero attached hydrogens (tertiary/aromatic N) is 4. The molecule has 7 nitrogen and oxygen atoms in total. The van der Waals surface area contributed by atoms with Gasteiger partial charge in [-0.05, 0) is 18.6 Å². The predicted octanol–water partition coefficient (Wildman–Crippen LogP) is 4.33. The number of hydrogen-bond donors (Lipinski definition) is 2. The Balaban J connectivity index is 1.64. The van der Waals surface area contributed by atoms with Crippen LogP contribution in [0.1, 0.15) is 24.5 Å². The zero-order valence-electron chi connectivity index (χ0n) is 18.2. The first-order valence-electron chi connectivity index (χ1n) is 10.7. The van der Waals surface area contributed by atoms with Crippen LogP contribution in [0.25, 0.3) is 22.4 Å². The molecule has 2 unspecified atom stereocenters. The lowest BCUT2D eigenvalue weighted by Gasteiger charge is -2.29. The Morgan fingerprint density at radius 3 is 2.53 bits per heavy atom. The first-order valence-corrected chi connectivity index (χ1v) is 10.7.